The zero-order valence-corrected chi connectivity index (χ0v) is 13.8. The van der Waals surface area contributed by atoms with E-state index in [9.17, 15) is 4.79 Å². The largest absolute Gasteiger partial charge is 0.496 e. The number of para-hydroxylation sites is 1. The van der Waals surface area contributed by atoms with Crippen LogP contribution in [0.5, 0.6) is 5.75 Å². The maximum Gasteiger partial charge on any atom is 0.272 e. The minimum absolute atomic E-state index is 0.0804. The van der Waals surface area contributed by atoms with Crippen molar-refractivity contribution in [1.82, 2.24) is 25.1 Å². The van der Waals surface area contributed by atoms with Gasteiger partial charge in [-0.2, -0.15) is 5.10 Å². The summed E-state index contributed by atoms with van der Waals surface area (Å²) in [5.74, 6) is 0.639. The van der Waals surface area contributed by atoms with Gasteiger partial charge in [-0.3, -0.25) is 9.89 Å². The van der Waals surface area contributed by atoms with E-state index in [0.717, 1.165) is 29.0 Å². The Balaban J connectivity index is 1.57. The van der Waals surface area contributed by atoms with Crippen LogP contribution in [0, 0.1) is 0 Å². The van der Waals surface area contributed by atoms with Crippen molar-refractivity contribution in [3.8, 4) is 17.0 Å². The van der Waals surface area contributed by atoms with Crippen LogP contribution in [0.3, 0.4) is 0 Å². The lowest BCUT2D eigenvalue weighted by Crippen LogP contribution is -2.36. The molecule has 0 unspecified atom stereocenters. The summed E-state index contributed by atoms with van der Waals surface area (Å²) >= 11 is 0. The lowest BCUT2D eigenvalue weighted by molar-refractivity contribution is 0.0727. The molecular weight excluding hydrogens is 318 g/mol. The van der Waals surface area contributed by atoms with Crippen molar-refractivity contribution in [2.45, 2.75) is 13.0 Å². The van der Waals surface area contributed by atoms with Gasteiger partial charge in [-0.25, -0.2) is 9.97 Å². The van der Waals surface area contributed by atoms with Gasteiger partial charge >= 0.3 is 0 Å². The van der Waals surface area contributed by atoms with Crippen molar-refractivity contribution in [3.05, 3.63) is 59.8 Å². The first-order valence-corrected chi connectivity index (χ1v) is 8.02. The van der Waals surface area contributed by atoms with Crippen LogP contribution in [-0.2, 0) is 13.0 Å². The van der Waals surface area contributed by atoms with Crippen LogP contribution in [-0.4, -0.2) is 44.6 Å². The molecule has 1 aliphatic heterocycles. The predicted octanol–water partition coefficient (Wildman–Crippen LogP) is 2.07. The topological polar surface area (TPSA) is 84.0 Å². The van der Waals surface area contributed by atoms with Crippen molar-refractivity contribution in [2.24, 2.45) is 0 Å². The van der Waals surface area contributed by atoms with Crippen LogP contribution in [0.4, 0.5) is 0 Å². The summed E-state index contributed by atoms with van der Waals surface area (Å²) in [6.45, 7) is 1.14. The number of ether oxygens (including phenoxy) is 1. The van der Waals surface area contributed by atoms with Gasteiger partial charge in [0.15, 0.2) is 0 Å². The number of hydrogen-bond acceptors (Lipinski definition) is 5. The second-order valence-electron chi connectivity index (χ2n) is 5.84. The number of carbonyl (C=O) groups is 1. The highest BCUT2D eigenvalue weighted by Gasteiger charge is 2.24. The first-order chi connectivity index (χ1) is 12.3. The number of nitrogens with zero attached hydrogens (tertiary/aromatic N) is 4. The van der Waals surface area contributed by atoms with Crippen molar-refractivity contribution < 1.29 is 9.53 Å². The summed E-state index contributed by atoms with van der Waals surface area (Å²) in [7, 11) is 1.62. The average Bonchev–Trinajstić information content (AvgIpc) is 3.17. The molecule has 1 aliphatic rings. The van der Waals surface area contributed by atoms with Gasteiger partial charge in [-0.1, -0.05) is 12.1 Å². The maximum absolute atomic E-state index is 12.8. The van der Waals surface area contributed by atoms with Gasteiger partial charge in [-0.15, -0.1) is 0 Å². The van der Waals surface area contributed by atoms with E-state index in [1.807, 2.05) is 24.3 Å². The molecule has 2 aromatic heterocycles. The maximum atomic E-state index is 12.8. The van der Waals surface area contributed by atoms with Crippen molar-refractivity contribution >= 4 is 5.91 Å². The average molecular weight is 335 g/mol. The molecule has 25 heavy (non-hydrogen) atoms. The molecule has 126 valence electrons. The molecule has 7 heteroatoms. The van der Waals surface area contributed by atoms with Crippen LogP contribution in [0.1, 0.15) is 21.7 Å². The van der Waals surface area contributed by atoms with E-state index in [0.29, 0.717) is 24.5 Å². The molecule has 3 heterocycles. The zero-order valence-electron chi connectivity index (χ0n) is 13.8. The summed E-state index contributed by atoms with van der Waals surface area (Å²) in [4.78, 5) is 22.9. The molecule has 0 bridgehead atoms. The normalized spacial score (nSPS) is 13.4. The third-order valence-electron chi connectivity index (χ3n) is 4.34. The molecule has 0 radical (unpaired) electrons. The van der Waals surface area contributed by atoms with E-state index in [4.69, 9.17) is 4.74 Å². The minimum atomic E-state index is -0.0804. The highest BCUT2D eigenvalue weighted by molar-refractivity contribution is 5.93. The van der Waals surface area contributed by atoms with Crippen LogP contribution in [0.25, 0.3) is 11.3 Å². The monoisotopic (exact) mass is 335 g/mol. The van der Waals surface area contributed by atoms with Crippen LogP contribution < -0.4 is 4.74 Å². The lowest BCUT2D eigenvalue weighted by atomic mass is 10.1. The molecule has 3 aromatic rings. The molecule has 1 amide bonds. The molecule has 0 fully saturated rings. The van der Waals surface area contributed by atoms with E-state index >= 15 is 0 Å². The summed E-state index contributed by atoms with van der Waals surface area (Å²) in [6.07, 6.45) is 4.05. The van der Waals surface area contributed by atoms with Crippen molar-refractivity contribution in [2.75, 3.05) is 13.7 Å². The molecule has 0 aliphatic carbocycles. The Morgan fingerprint density at radius 1 is 1.32 bits per heavy atom. The summed E-state index contributed by atoms with van der Waals surface area (Å²) in [5, 5.41) is 7.13. The Bertz CT molecular complexity index is 921. The van der Waals surface area contributed by atoms with Gasteiger partial charge in [0.2, 0.25) is 0 Å². The third-order valence-corrected chi connectivity index (χ3v) is 4.34. The molecule has 0 saturated heterocycles. The molecule has 1 aromatic carbocycles. The number of methoxy groups -OCH3 is 1. The molecule has 7 nitrogen and oxygen atoms in total. The quantitative estimate of drug-likeness (QED) is 0.792. The summed E-state index contributed by atoms with van der Waals surface area (Å²) in [5.41, 5.74) is 3.99. The van der Waals surface area contributed by atoms with Crippen molar-refractivity contribution in [3.63, 3.8) is 0 Å². The number of hydrogen-bond donors (Lipinski definition) is 1. The fourth-order valence-corrected chi connectivity index (χ4v) is 3.04. The van der Waals surface area contributed by atoms with Gasteiger partial charge in [0.25, 0.3) is 5.91 Å². The number of carbonyl (C=O) groups excluding carboxylic acids is 1. The van der Waals surface area contributed by atoms with E-state index in [2.05, 4.69) is 20.2 Å². The first kappa shape index (κ1) is 15.3. The minimum Gasteiger partial charge on any atom is -0.496 e. The number of fused-ring (bicyclic) bond motifs is 1. The lowest BCUT2D eigenvalue weighted by Gasteiger charge is -2.27. The molecular formula is C18H17N5O2. The number of amides is 1. The van der Waals surface area contributed by atoms with Gasteiger partial charge in [0.05, 0.1) is 18.5 Å². The molecule has 0 saturated carbocycles. The third kappa shape index (κ3) is 2.84. The van der Waals surface area contributed by atoms with E-state index in [-0.39, 0.29) is 5.91 Å². The van der Waals surface area contributed by atoms with Crippen LogP contribution >= 0.6 is 0 Å². The Morgan fingerprint density at radius 2 is 2.20 bits per heavy atom. The van der Waals surface area contributed by atoms with Crippen LogP contribution in [0.15, 0.2) is 42.9 Å². The Morgan fingerprint density at radius 3 is 3.08 bits per heavy atom. The number of aromatic nitrogens is 4. The fraction of sp³-hybridized carbons (Fsp3) is 0.222. The van der Waals surface area contributed by atoms with Gasteiger partial charge in [0, 0.05) is 36.8 Å². The number of H-pyrrole nitrogens is 1. The molecule has 1 N–H and O–H groups in total. The van der Waals surface area contributed by atoms with Gasteiger partial charge < -0.3 is 9.64 Å². The standard InChI is InChI=1S/C18H17N5O2/c1-25-17-5-3-2-4-13(17)15-8-16(22-21-15)18(24)23-7-6-14-12(10-23)9-19-11-20-14/h2-5,8-9,11H,6-7,10H2,1H3,(H,21,22). The summed E-state index contributed by atoms with van der Waals surface area (Å²) in [6, 6.07) is 9.35. The van der Waals surface area contributed by atoms with Crippen molar-refractivity contribution in [1.29, 1.82) is 0 Å². The van der Waals surface area contributed by atoms with E-state index < -0.39 is 0 Å². The van der Waals surface area contributed by atoms with Crippen LogP contribution in [0.2, 0.25) is 0 Å². The zero-order chi connectivity index (χ0) is 17.2. The summed E-state index contributed by atoms with van der Waals surface area (Å²) < 4.78 is 5.36. The smallest absolute Gasteiger partial charge is 0.272 e. The predicted molar refractivity (Wildman–Crippen MR) is 91.1 cm³/mol. The molecule has 4 rings (SSSR count). The molecule has 0 atom stereocenters. The fourth-order valence-electron chi connectivity index (χ4n) is 3.04. The van der Waals surface area contributed by atoms with E-state index in [1.54, 1.807) is 30.6 Å². The number of rotatable bonds is 3. The Labute approximate surface area is 144 Å². The SMILES string of the molecule is COc1ccccc1-c1cc(C(=O)N2CCc3ncncc3C2)[nH]n1. The second-order valence-corrected chi connectivity index (χ2v) is 5.84. The van der Waals surface area contributed by atoms with Gasteiger partial charge in [0.1, 0.15) is 17.8 Å². The first-order valence-electron chi connectivity index (χ1n) is 8.02. The Hall–Kier alpha value is -3.22. The highest BCUT2D eigenvalue weighted by atomic mass is 16.5. The number of benzene rings is 1. The number of aromatic amines is 1. The number of nitrogens with one attached hydrogen (secondary N) is 1. The Kier molecular flexibility index (Phi) is 3.89. The van der Waals surface area contributed by atoms with Gasteiger partial charge in [-0.05, 0) is 18.2 Å². The van der Waals surface area contributed by atoms with E-state index in [1.165, 1.54) is 0 Å². The molecule has 0 spiro atoms. The second kappa shape index (κ2) is 6.35. The highest BCUT2D eigenvalue weighted by Crippen LogP contribution is 2.28.